The van der Waals surface area contributed by atoms with E-state index in [-0.39, 0.29) is 6.04 Å². The summed E-state index contributed by atoms with van der Waals surface area (Å²) in [6.45, 7) is 0. The van der Waals surface area contributed by atoms with E-state index < -0.39 is 0 Å². The van der Waals surface area contributed by atoms with Crippen LogP contribution in [0.2, 0.25) is 5.02 Å². The number of rotatable bonds is 6. The number of thiophene rings is 1. The van der Waals surface area contributed by atoms with Gasteiger partial charge in [-0.25, -0.2) is 0 Å². The summed E-state index contributed by atoms with van der Waals surface area (Å²) >= 11 is 11.4. The predicted octanol–water partition coefficient (Wildman–Crippen LogP) is 3.93. The maximum Gasteiger partial charge on any atom is 0.179 e. The van der Waals surface area contributed by atoms with Gasteiger partial charge < -0.3 is 9.47 Å². The smallest absolute Gasteiger partial charge is 0.179 e. The third kappa shape index (κ3) is 3.90. The minimum Gasteiger partial charge on any atom is -0.493 e. The number of nitrogens with one attached hydrogen (secondary N) is 1. The lowest BCUT2D eigenvalue weighted by Gasteiger charge is -2.18. The number of methoxy groups -OCH3 is 2. The van der Waals surface area contributed by atoms with Gasteiger partial charge in [-0.1, -0.05) is 11.6 Å². The normalized spacial score (nSPS) is 12.2. The molecule has 21 heavy (non-hydrogen) atoms. The van der Waals surface area contributed by atoms with Crippen LogP contribution in [0.25, 0.3) is 0 Å². The molecule has 0 aliphatic heterocycles. The number of hydrogen-bond donors (Lipinski definition) is 2. The second kappa shape index (κ2) is 7.47. The summed E-state index contributed by atoms with van der Waals surface area (Å²) in [7, 11) is 3.14. The van der Waals surface area contributed by atoms with E-state index in [1.54, 1.807) is 25.6 Å². The van der Waals surface area contributed by atoms with Gasteiger partial charge in [-0.3, -0.25) is 11.3 Å². The minimum atomic E-state index is -0.0622. The van der Waals surface area contributed by atoms with E-state index in [1.807, 2.05) is 17.5 Å². The number of hydrazine groups is 1. The second-order valence-electron chi connectivity index (χ2n) is 4.39. The van der Waals surface area contributed by atoms with Gasteiger partial charge in [-0.05, 0) is 39.7 Å². The fraction of sp³-hybridized carbons (Fsp3) is 0.286. The van der Waals surface area contributed by atoms with Crippen LogP contribution in [0.1, 0.15) is 16.5 Å². The average Bonchev–Trinajstić information content (AvgIpc) is 2.89. The van der Waals surface area contributed by atoms with Crippen LogP contribution in [0.3, 0.4) is 0 Å². The Kier molecular flexibility index (Phi) is 5.89. The molecule has 2 aromatic rings. The number of halogens is 2. The van der Waals surface area contributed by atoms with E-state index in [9.17, 15) is 0 Å². The molecule has 1 aromatic carbocycles. The summed E-state index contributed by atoms with van der Waals surface area (Å²) in [4.78, 5) is 1.22. The van der Waals surface area contributed by atoms with Crippen molar-refractivity contribution in [1.29, 1.82) is 0 Å². The lowest BCUT2D eigenvalue weighted by Crippen LogP contribution is -2.29. The highest BCUT2D eigenvalue weighted by Crippen LogP contribution is 2.38. The van der Waals surface area contributed by atoms with Crippen molar-refractivity contribution in [2.24, 2.45) is 5.84 Å². The molecule has 0 bridgehead atoms. The highest BCUT2D eigenvalue weighted by Gasteiger charge is 2.17. The average molecular weight is 392 g/mol. The molecule has 3 N–H and O–H groups in total. The molecule has 0 aliphatic rings. The molecule has 4 nitrogen and oxygen atoms in total. The van der Waals surface area contributed by atoms with Gasteiger partial charge in [0, 0.05) is 21.2 Å². The Morgan fingerprint density at radius 1 is 1.33 bits per heavy atom. The Labute approximate surface area is 141 Å². The van der Waals surface area contributed by atoms with Crippen LogP contribution in [-0.2, 0) is 6.42 Å². The van der Waals surface area contributed by atoms with Gasteiger partial charge in [0.2, 0.25) is 0 Å². The van der Waals surface area contributed by atoms with Gasteiger partial charge in [0.25, 0.3) is 0 Å². The summed E-state index contributed by atoms with van der Waals surface area (Å²) in [5, 5.41) is 2.55. The molecule has 1 heterocycles. The van der Waals surface area contributed by atoms with Gasteiger partial charge in [-0.2, -0.15) is 0 Å². The fourth-order valence-electron chi connectivity index (χ4n) is 2.07. The third-order valence-corrected chi connectivity index (χ3v) is 5.09. The number of nitrogens with two attached hydrogens (primary N) is 1. The van der Waals surface area contributed by atoms with Crippen molar-refractivity contribution in [1.82, 2.24) is 5.43 Å². The zero-order valence-electron chi connectivity index (χ0n) is 11.7. The van der Waals surface area contributed by atoms with E-state index in [0.29, 0.717) is 16.5 Å². The highest BCUT2D eigenvalue weighted by atomic mass is 79.9. The second-order valence-corrected chi connectivity index (χ2v) is 6.71. The fourth-order valence-corrected chi connectivity index (χ4v) is 3.87. The van der Waals surface area contributed by atoms with Crippen molar-refractivity contribution in [2.75, 3.05) is 14.2 Å². The standard InChI is InChI=1S/C14H16BrClN2O2S/c1-19-13-4-8(3-11(16)14(13)20-2)12(18-17)6-10-5-9(15)7-21-10/h3-5,7,12,18H,6,17H2,1-2H3. The van der Waals surface area contributed by atoms with Crippen molar-refractivity contribution in [3.8, 4) is 11.5 Å². The summed E-state index contributed by atoms with van der Waals surface area (Å²) in [6, 6.07) is 5.75. The monoisotopic (exact) mass is 390 g/mol. The van der Waals surface area contributed by atoms with Crippen LogP contribution in [-0.4, -0.2) is 14.2 Å². The van der Waals surface area contributed by atoms with E-state index >= 15 is 0 Å². The molecule has 0 saturated heterocycles. The summed E-state index contributed by atoms with van der Waals surface area (Å²) < 4.78 is 11.6. The molecule has 1 aromatic heterocycles. The van der Waals surface area contributed by atoms with Gasteiger partial charge in [0.05, 0.1) is 25.3 Å². The molecule has 2 rings (SSSR count). The summed E-state index contributed by atoms with van der Waals surface area (Å²) in [5.74, 6) is 6.82. The Balaban J connectivity index is 2.31. The molecule has 0 fully saturated rings. The maximum atomic E-state index is 6.24. The molecule has 1 unspecified atom stereocenters. The van der Waals surface area contributed by atoms with Crippen molar-refractivity contribution in [3.05, 3.63) is 43.5 Å². The van der Waals surface area contributed by atoms with Crippen LogP contribution in [0.15, 0.2) is 28.1 Å². The van der Waals surface area contributed by atoms with Crippen LogP contribution >= 0.6 is 38.9 Å². The van der Waals surface area contributed by atoms with Crippen molar-refractivity contribution in [2.45, 2.75) is 12.5 Å². The SMILES string of the molecule is COc1cc(C(Cc2cc(Br)cs2)NN)cc(Cl)c1OC. The van der Waals surface area contributed by atoms with Crippen molar-refractivity contribution in [3.63, 3.8) is 0 Å². The van der Waals surface area contributed by atoms with E-state index in [1.165, 1.54) is 4.88 Å². The molecule has 7 heteroatoms. The zero-order chi connectivity index (χ0) is 15.4. The van der Waals surface area contributed by atoms with E-state index in [0.717, 1.165) is 16.5 Å². The Morgan fingerprint density at radius 2 is 2.10 bits per heavy atom. The van der Waals surface area contributed by atoms with Crippen LogP contribution in [0, 0.1) is 0 Å². The lowest BCUT2D eigenvalue weighted by atomic mass is 10.0. The Hall–Kier alpha value is -0.790. The first-order valence-corrected chi connectivity index (χ1v) is 8.24. The molecule has 0 saturated carbocycles. The molecule has 0 aliphatic carbocycles. The van der Waals surface area contributed by atoms with Crippen molar-refractivity contribution >= 4 is 38.9 Å². The summed E-state index contributed by atoms with van der Waals surface area (Å²) in [5.41, 5.74) is 3.78. The van der Waals surface area contributed by atoms with E-state index in [4.69, 9.17) is 26.9 Å². The van der Waals surface area contributed by atoms with Crippen LogP contribution < -0.4 is 20.7 Å². The number of ether oxygens (including phenoxy) is 2. The lowest BCUT2D eigenvalue weighted by molar-refractivity contribution is 0.354. The molecular weight excluding hydrogens is 376 g/mol. The highest BCUT2D eigenvalue weighted by molar-refractivity contribution is 9.10. The molecular formula is C14H16BrClN2O2S. The minimum absolute atomic E-state index is 0.0622. The molecule has 0 spiro atoms. The molecule has 0 radical (unpaired) electrons. The van der Waals surface area contributed by atoms with Gasteiger partial charge in [0.15, 0.2) is 11.5 Å². The largest absolute Gasteiger partial charge is 0.493 e. The van der Waals surface area contributed by atoms with Gasteiger partial charge in [-0.15, -0.1) is 11.3 Å². The number of benzene rings is 1. The third-order valence-electron chi connectivity index (χ3n) is 3.09. The molecule has 1 atom stereocenters. The van der Waals surface area contributed by atoms with Gasteiger partial charge in [0.1, 0.15) is 0 Å². The summed E-state index contributed by atoms with van der Waals surface area (Å²) in [6.07, 6.45) is 0.762. The Bertz CT molecular complexity index is 621. The number of hydrogen-bond acceptors (Lipinski definition) is 5. The first kappa shape index (κ1) is 16.6. The van der Waals surface area contributed by atoms with Crippen LogP contribution in [0.5, 0.6) is 11.5 Å². The Morgan fingerprint density at radius 3 is 2.62 bits per heavy atom. The quantitative estimate of drug-likeness (QED) is 0.579. The zero-order valence-corrected chi connectivity index (χ0v) is 14.8. The molecule has 0 amide bonds. The first-order chi connectivity index (χ1) is 10.1. The molecule has 114 valence electrons. The van der Waals surface area contributed by atoms with Gasteiger partial charge >= 0.3 is 0 Å². The van der Waals surface area contributed by atoms with E-state index in [2.05, 4.69) is 27.4 Å². The van der Waals surface area contributed by atoms with Crippen molar-refractivity contribution < 1.29 is 9.47 Å². The van der Waals surface area contributed by atoms with Crippen LogP contribution in [0.4, 0.5) is 0 Å². The topological polar surface area (TPSA) is 56.5 Å². The first-order valence-electron chi connectivity index (χ1n) is 6.19. The predicted molar refractivity (Wildman–Crippen MR) is 90.3 cm³/mol. The maximum absolute atomic E-state index is 6.24.